The average Bonchev–Trinajstić information content (AvgIpc) is 3.01. The van der Waals surface area contributed by atoms with Gasteiger partial charge in [0.2, 0.25) is 0 Å². The van der Waals surface area contributed by atoms with Gasteiger partial charge in [-0.2, -0.15) is 0 Å². The van der Waals surface area contributed by atoms with Crippen LogP contribution in [-0.2, 0) is 36.9 Å². The van der Waals surface area contributed by atoms with Gasteiger partial charge >= 0.3 is 0 Å². The number of anilines is 1. The molecule has 9 heteroatoms. The second-order valence-corrected chi connectivity index (χ2v) is 10.8. The summed E-state index contributed by atoms with van der Waals surface area (Å²) in [5, 5.41) is 7.21. The number of nitrogens with zero attached hydrogens (tertiary/aromatic N) is 1. The molecule has 3 atom stereocenters. The van der Waals surface area contributed by atoms with Crippen LogP contribution in [0.25, 0.3) is 0 Å². The van der Waals surface area contributed by atoms with Gasteiger partial charge in [-0.15, -0.1) is 0 Å². The fourth-order valence-corrected chi connectivity index (χ4v) is 5.69. The lowest BCUT2D eigenvalue weighted by Crippen LogP contribution is -2.49. The monoisotopic (exact) mass is 571 g/mol. The minimum Gasteiger partial charge on any atom is -0.490 e. The van der Waals surface area contributed by atoms with Gasteiger partial charge in [-0.1, -0.05) is 30.3 Å². The van der Waals surface area contributed by atoms with Gasteiger partial charge in [0.05, 0.1) is 51.4 Å². The first-order valence-corrected chi connectivity index (χ1v) is 14.9. The minimum atomic E-state index is 0.0480. The molecule has 2 aromatic carbocycles. The van der Waals surface area contributed by atoms with Gasteiger partial charge in [-0.3, -0.25) is 0 Å². The Morgan fingerprint density at radius 3 is 2.51 bits per heavy atom. The van der Waals surface area contributed by atoms with Crippen molar-refractivity contribution in [3.05, 3.63) is 59.2 Å². The molecule has 0 aliphatic carbocycles. The Morgan fingerprint density at radius 2 is 1.71 bits per heavy atom. The van der Waals surface area contributed by atoms with E-state index in [1.54, 1.807) is 21.3 Å². The third-order valence-corrected chi connectivity index (χ3v) is 7.84. The molecule has 0 bridgehead atoms. The Kier molecular flexibility index (Phi) is 13.6. The zero-order valence-electron chi connectivity index (χ0n) is 25.1. The van der Waals surface area contributed by atoms with E-state index in [1.165, 1.54) is 5.56 Å². The summed E-state index contributed by atoms with van der Waals surface area (Å²) in [5.74, 6) is 1.60. The highest BCUT2D eigenvalue weighted by Gasteiger charge is 2.35. The number of nitrogens with one attached hydrogen (secondary N) is 2. The van der Waals surface area contributed by atoms with Crippen LogP contribution in [0.15, 0.2) is 42.5 Å². The van der Waals surface area contributed by atoms with Crippen LogP contribution in [0.5, 0.6) is 5.75 Å². The lowest BCUT2D eigenvalue weighted by Gasteiger charge is -2.39. The lowest BCUT2D eigenvalue weighted by molar-refractivity contribution is -0.00604. The van der Waals surface area contributed by atoms with Crippen molar-refractivity contribution in [1.82, 2.24) is 10.6 Å². The number of hydrogen-bond donors (Lipinski definition) is 2. The molecule has 0 spiro atoms. The molecule has 4 rings (SSSR count). The van der Waals surface area contributed by atoms with E-state index in [2.05, 4.69) is 58.0 Å². The summed E-state index contributed by atoms with van der Waals surface area (Å²) >= 11 is 0. The standard InChI is InChI=1S/C32H49N3O6/c1-36-14-4-12-35-13-16-40-30-10-7-26(19-29(30)35)24-41-31-22-34-21-28(20-33-11-15-37-2)32(31)27-8-5-25(6-9-27)23-39-18-17-38-3/h5-10,19,28,31-34H,4,11-18,20-24H2,1-3H3/t28-,31+,32+/m1/s1. The van der Waals surface area contributed by atoms with Crippen LogP contribution < -0.4 is 20.3 Å². The first kappa shape index (κ1) is 31.7. The number of ether oxygens (including phenoxy) is 6. The maximum atomic E-state index is 6.71. The Hall–Kier alpha value is -2.24. The van der Waals surface area contributed by atoms with Crippen molar-refractivity contribution in [1.29, 1.82) is 0 Å². The highest BCUT2D eigenvalue weighted by Crippen LogP contribution is 2.35. The van der Waals surface area contributed by atoms with Gasteiger partial charge < -0.3 is 44.0 Å². The summed E-state index contributed by atoms with van der Waals surface area (Å²) in [4.78, 5) is 2.40. The Morgan fingerprint density at radius 1 is 0.902 bits per heavy atom. The van der Waals surface area contributed by atoms with Crippen molar-refractivity contribution >= 4 is 5.69 Å². The molecule has 2 aliphatic rings. The first-order valence-electron chi connectivity index (χ1n) is 14.9. The summed E-state index contributed by atoms with van der Waals surface area (Å²) in [6, 6.07) is 15.3. The van der Waals surface area contributed by atoms with Crippen LogP contribution in [0.4, 0.5) is 5.69 Å². The van der Waals surface area contributed by atoms with Crippen LogP contribution >= 0.6 is 0 Å². The number of rotatable bonds is 18. The number of fused-ring (bicyclic) bond motifs is 1. The fraction of sp³-hybridized carbons (Fsp3) is 0.625. The van der Waals surface area contributed by atoms with E-state index in [1.807, 2.05) is 0 Å². The first-order chi connectivity index (χ1) is 20.2. The zero-order chi connectivity index (χ0) is 28.7. The quantitative estimate of drug-likeness (QED) is 0.262. The van der Waals surface area contributed by atoms with E-state index in [9.17, 15) is 0 Å². The third kappa shape index (κ3) is 9.64. The molecule has 1 saturated heterocycles. The SMILES string of the molecule is COCCCN1CCOc2ccc(CO[C@H]3CNC[C@@H](CNCCOC)[C@@H]3c3ccc(COCCOC)cc3)cc21. The van der Waals surface area contributed by atoms with E-state index in [0.29, 0.717) is 45.6 Å². The summed E-state index contributed by atoms with van der Waals surface area (Å²) in [7, 11) is 5.18. The summed E-state index contributed by atoms with van der Waals surface area (Å²) in [6.45, 7) is 9.85. The maximum Gasteiger partial charge on any atom is 0.142 e. The van der Waals surface area contributed by atoms with Crippen molar-refractivity contribution in [2.75, 3.05) is 98.5 Å². The highest BCUT2D eigenvalue weighted by molar-refractivity contribution is 5.61. The summed E-state index contributed by atoms with van der Waals surface area (Å²) < 4.78 is 34.0. The molecule has 9 nitrogen and oxygen atoms in total. The Labute approximate surface area is 245 Å². The van der Waals surface area contributed by atoms with Crippen LogP contribution in [0.3, 0.4) is 0 Å². The minimum absolute atomic E-state index is 0.0480. The van der Waals surface area contributed by atoms with Crippen molar-refractivity contribution in [3.63, 3.8) is 0 Å². The number of benzene rings is 2. The van der Waals surface area contributed by atoms with E-state index >= 15 is 0 Å². The smallest absolute Gasteiger partial charge is 0.142 e. The van der Waals surface area contributed by atoms with E-state index in [0.717, 1.165) is 74.9 Å². The van der Waals surface area contributed by atoms with Crippen LogP contribution in [-0.4, -0.2) is 99.7 Å². The normalized spacial score (nSPS) is 20.6. The molecule has 41 heavy (non-hydrogen) atoms. The molecule has 0 radical (unpaired) electrons. The molecule has 2 N–H and O–H groups in total. The molecule has 0 saturated carbocycles. The maximum absolute atomic E-state index is 6.71. The zero-order valence-corrected chi connectivity index (χ0v) is 25.1. The van der Waals surface area contributed by atoms with Crippen LogP contribution in [0.2, 0.25) is 0 Å². The molecule has 2 aliphatic heterocycles. The van der Waals surface area contributed by atoms with E-state index in [-0.39, 0.29) is 12.0 Å². The molecule has 0 aromatic heterocycles. The summed E-state index contributed by atoms with van der Waals surface area (Å²) in [5.41, 5.74) is 4.78. The van der Waals surface area contributed by atoms with Crippen molar-refractivity contribution in [3.8, 4) is 5.75 Å². The van der Waals surface area contributed by atoms with Gasteiger partial charge in [0.1, 0.15) is 12.4 Å². The van der Waals surface area contributed by atoms with Crippen molar-refractivity contribution < 1.29 is 28.4 Å². The Balaban J connectivity index is 1.44. The molecular weight excluding hydrogens is 522 g/mol. The fourth-order valence-electron chi connectivity index (χ4n) is 5.69. The molecule has 2 aromatic rings. The van der Waals surface area contributed by atoms with Crippen molar-refractivity contribution in [2.24, 2.45) is 5.92 Å². The second kappa shape index (κ2) is 17.7. The molecule has 228 valence electrons. The summed E-state index contributed by atoms with van der Waals surface area (Å²) in [6.07, 6.45) is 1.04. The molecule has 0 unspecified atom stereocenters. The average molecular weight is 572 g/mol. The van der Waals surface area contributed by atoms with E-state index < -0.39 is 0 Å². The van der Waals surface area contributed by atoms with Gasteiger partial charge in [0, 0.05) is 53.5 Å². The Bertz CT molecular complexity index is 1010. The van der Waals surface area contributed by atoms with Crippen LogP contribution in [0, 0.1) is 5.92 Å². The predicted octanol–water partition coefficient (Wildman–Crippen LogP) is 3.21. The lowest BCUT2D eigenvalue weighted by atomic mass is 9.79. The van der Waals surface area contributed by atoms with E-state index in [4.69, 9.17) is 28.4 Å². The topological polar surface area (TPSA) is 82.7 Å². The second-order valence-electron chi connectivity index (χ2n) is 10.8. The number of hydrogen-bond acceptors (Lipinski definition) is 9. The molecule has 0 amide bonds. The number of piperidine rings is 1. The third-order valence-electron chi connectivity index (χ3n) is 7.84. The highest BCUT2D eigenvalue weighted by atomic mass is 16.5. The molecular formula is C32H49N3O6. The van der Waals surface area contributed by atoms with Gasteiger partial charge in [-0.05, 0) is 54.3 Å². The number of methoxy groups -OCH3 is 3. The molecule has 2 heterocycles. The largest absolute Gasteiger partial charge is 0.490 e. The van der Waals surface area contributed by atoms with Gasteiger partial charge in [0.15, 0.2) is 0 Å². The van der Waals surface area contributed by atoms with Gasteiger partial charge in [0.25, 0.3) is 0 Å². The van der Waals surface area contributed by atoms with Crippen LogP contribution in [0.1, 0.15) is 29.0 Å². The van der Waals surface area contributed by atoms with Crippen molar-refractivity contribution in [2.45, 2.75) is 31.7 Å². The molecule has 1 fully saturated rings. The van der Waals surface area contributed by atoms with Gasteiger partial charge in [-0.25, -0.2) is 0 Å². The predicted molar refractivity (Wildman–Crippen MR) is 161 cm³/mol.